The molecule has 1 aromatic carbocycles. The molecule has 1 aromatic heterocycles. The van der Waals surface area contributed by atoms with Crippen LogP contribution in [0.25, 0.3) is 0 Å². The van der Waals surface area contributed by atoms with Gasteiger partial charge in [0.1, 0.15) is 5.82 Å². The Balaban J connectivity index is 1.78. The molecule has 0 radical (unpaired) electrons. The fourth-order valence-electron chi connectivity index (χ4n) is 3.47. The summed E-state index contributed by atoms with van der Waals surface area (Å²) in [7, 11) is 1.46. The lowest BCUT2D eigenvalue weighted by Gasteiger charge is -2.37. The molecule has 5 heteroatoms. The van der Waals surface area contributed by atoms with Gasteiger partial charge < -0.3 is 10.5 Å². The van der Waals surface area contributed by atoms with Crippen LogP contribution in [0, 0.1) is 5.92 Å². The van der Waals surface area contributed by atoms with Gasteiger partial charge in [-0.05, 0) is 35.6 Å². The number of hydrogen-bond donors (Lipinski definition) is 1. The molecule has 0 spiro atoms. The van der Waals surface area contributed by atoms with E-state index in [-0.39, 0.29) is 11.9 Å². The van der Waals surface area contributed by atoms with Crippen molar-refractivity contribution in [2.24, 2.45) is 5.92 Å². The molecule has 2 atom stereocenters. The van der Waals surface area contributed by atoms with Crippen molar-refractivity contribution in [1.29, 1.82) is 0 Å². The van der Waals surface area contributed by atoms with Gasteiger partial charge in [-0.25, -0.2) is 4.98 Å². The lowest BCUT2D eigenvalue weighted by atomic mass is 9.84. The summed E-state index contributed by atoms with van der Waals surface area (Å²) in [5.41, 5.74) is 8.16. The molecule has 24 heavy (non-hydrogen) atoms. The Labute approximate surface area is 142 Å². The minimum Gasteiger partial charge on any atom is -0.469 e. The van der Waals surface area contributed by atoms with E-state index in [4.69, 9.17) is 10.5 Å². The largest absolute Gasteiger partial charge is 0.469 e. The van der Waals surface area contributed by atoms with Gasteiger partial charge in [-0.2, -0.15) is 0 Å². The highest BCUT2D eigenvalue weighted by molar-refractivity contribution is 5.72. The van der Waals surface area contributed by atoms with Crippen LogP contribution in [0.3, 0.4) is 0 Å². The maximum Gasteiger partial charge on any atom is 0.309 e. The van der Waals surface area contributed by atoms with Gasteiger partial charge >= 0.3 is 5.97 Å². The van der Waals surface area contributed by atoms with E-state index in [1.54, 1.807) is 6.20 Å². The van der Waals surface area contributed by atoms with Crippen molar-refractivity contribution < 1.29 is 9.53 Å². The Morgan fingerprint density at radius 2 is 2.08 bits per heavy atom. The predicted molar refractivity (Wildman–Crippen MR) is 93.2 cm³/mol. The zero-order valence-corrected chi connectivity index (χ0v) is 13.9. The number of anilines is 1. The summed E-state index contributed by atoms with van der Waals surface area (Å²) in [6, 6.07) is 14.2. The zero-order valence-electron chi connectivity index (χ0n) is 13.9. The summed E-state index contributed by atoms with van der Waals surface area (Å²) in [6.45, 7) is 2.38. The normalized spacial score (nSPS) is 21.4. The van der Waals surface area contributed by atoms with Crippen LogP contribution in [-0.4, -0.2) is 36.1 Å². The molecular weight excluding hydrogens is 302 g/mol. The molecule has 0 unspecified atom stereocenters. The number of carbonyl (C=O) groups excluding carboxylic acids is 1. The number of nitrogens with zero attached hydrogens (tertiary/aromatic N) is 2. The summed E-state index contributed by atoms with van der Waals surface area (Å²) in [5.74, 6) is 0.611. The Morgan fingerprint density at radius 1 is 1.29 bits per heavy atom. The van der Waals surface area contributed by atoms with E-state index >= 15 is 0 Å². The van der Waals surface area contributed by atoms with Crippen LogP contribution in [-0.2, 0) is 16.1 Å². The van der Waals surface area contributed by atoms with Gasteiger partial charge in [-0.1, -0.05) is 30.3 Å². The Hall–Kier alpha value is -2.40. The number of esters is 1. The Morgan fingerprint density at radius 3 is 2.79 bits per heavy atom. The number of methoxy groups -OCH3 is 1. The molecule has 2 aromatic rings. The number of benzene rings is 1. The van der Waals surface area contributed by atoms with Crippen molar-refractivity contribution in [3.63, 3.8) is 0 Å². The molecule has 1 fully saturated rings. The molecular formula is C19H23N3O2. The molecule has 1 saturated heterocycles. The first-order valence-corrected chi connectivity index (χ1v) is 8.21. The fraction of sp³-hybridized carbons (Fsp3) is 0.368. The van der Waals surface area contributed by atoms with Crippen molar-refractivity contribution >= 4 is 11.8 Å². The molecule has 5 nitrogen and oxygen atoms in total. The number of pyridine rings is 1. The van der Waals surface area contributed by atoms with Crippen LogP contribution < -0.4 is 5.73 Å². The average Bonchev–Trinajstić information content (AvgIpc) is 2.61. The first kappa shape index (κ1) is 16.5. The zero-order chi connectivity index (χ0) is 16.9. The molecule has 0 saturated carbocycles. The first-order valence-electron chi connectivity index (χ1n) is 8.21. The van der Waals surface area contributed by atoms with Gasteiger partial charge in [-0.15, -0.1) is 0 Å². The van der Waals surface area contributed by atoms with Crippen LogP contribution in [0.5, 0.6) is 0 Å². The average molecular weight is 325 g/mol. The minimum absolute atomic E-state index is 0.104. The van der Waals surface area contributed by atoms with E-state index in [1.807, 2.05) is 30.3 Å². The fourth-order valence-corrected chi connectivity index (χ4v) is 3.47. The number of carbonyl (C=O) groups is 1. The number of ether oxygens (including phenoxy) is 1. The number of rotatable bonds is 4. The number of hydrogen-bond acceptors (Lipinski definition) is 5. The smallest absolute Gasteiger partial charge is 0.309 e. The number of aromatic nitrogens is 1. The molecule has 2 N–H and O–H groups in total. The predicted octanol–water partition coefficient (Wildman–Crippen LogP) is 2.44. The summed E-state index contributed by atoms with van der Waals surface area (Å²) < 4.78 is 5.00. The lowest BCUT2D eigenvalue weighted by Crippen LogP contribution is -2.42. The highest BCUT2D eigenvalue weighted by Gasteiger charge is 2.32. The highest BCUT2D eigenvalue weighted by Crippen LogP contribution is 2.31. The van der Waals surface area contributed by atoms with E-state index in [2.05, 4.69) is 22.0 Å². The Bertz CT molecular complexity index is 690. The van der Waals surface area contributed by atoms with Crippen molar-refractivity contribution in [2.75, 3.05) is 25.9 Å². The van der Waals surface area contributed by atoms with Gasteiger partial charge in [0.05, 0.1) is 13.0 Å². The third-order valence-corrected chi connectivity index (χ3v) is 4.58. The van der Waals surface area contributed by atoms with E-state index in [0.717, 1.165) is 25.1 Å². The van der Waals surface area contributed by atoms with Gasteiger partial charge in [0.15, 0.2) is 0 Å². The van der Waals surface area contributed by atoms with Gasteiger partial charge in [-0.3, -0.25) is 9.69 Å². The van der Waals surface area contributed by atoms with Gasteiger partial charge in [0.25, 0.3) is 0 Å². The van der Waals surface area contributed by atoms with E-state index < -0.39 is 0 Å². The molecule has 2 heterocycles. The number of nitrogens with two attached hydrogens (primary N) is 1. The molecule has 0 bridgehead atoms. The van der Waals surface area contributed by atoms with Gasteiger partial charge in [0, 0.05) is 25.8 Å². The van der Waals surface area contributed by atoms with Crippen LogP contribution in [0.1, 0.15) is 23.5 Å². The molecule has 3 rings (SSSR count). The second-order valence-corrected chi connectivity index (χ2v) is 6.35. The second kappa shape index (κ2) is 7.45. The van der Waals surface area contributed by atoms with E-state index in [0.29, 0.717) is 18.3 Å². The minimum atomic E-state index is -0.130. The Kier molecular flexibility index (Phi) is 5.11. The van der Waals surface area contributed by atoms with Gasteiger partial charge in [0.2, 0.25) is 0 Å². The van der Waals surface area contributed by atoms with Crippen LogP contribution in [0.15, 0.2) is 48.7 Å². The SMILES string of the molecule is COC(=O)[C@H]1C[C@@H](c2ccccc2)CN(Cc2ccnc(N)c2)C1. The third-order valence-electron chi connectivity index (χ3n) is 4.58. The summed E-state index contributed by atoms with van der Waals surface area (Å²) in [5, 5.41) is 0. The van der Waals surface area contributed by atoms with Crippen molar-refractivity contribution in [1.82, 2.24) is 9.88 Å². The molecule has 0 amide bonds. The maximum absolute atomic E-state index is 12.1. The van der Waals surface area contributed by atoms with Crippen molar-refractivity contribution in [3.8, 4) is 0 Å². The van der Waals surface area contributed by atoms with Crippen molar-refractivity contribution in [3.05, 3.63) is 59.8 Å². The number of likely N-dealkylation sites (tertiary alicyclic amines) is 1. The van der Waals surface area contributed by atoms with Crippen molar-refractivity contribution in [2.45, 2.75) is 18.9 Å². The number of nitrogen functional groups attached to an aromatic ring is 1. The number of piperidine rings is 1. The molecule has 1 aliphatic rings. The summed E-state index contributed by atoms with van der Waals surface area (Å²) in [4.78, 5) is 18.5. The van der Waals surface area contributed by atoms with Crippen LogP contribution in [0.2, 0.25) is 0 Å². The van der Waals surface area contributed by atoms with E-state index in [1.165, 1.54) is 12.7 Å². The van der Waals surface area contributed by atoms with Crippen LogP contribution in [0.4, 0.5) is 5.82 Å². The van der Waals surface area contributed by atoms with Crippen LogP contribution >= 0.6 is 0 Å². The summed E-state index contributed by atoms with van der Waals surface area (Å²) >= 11 is 0. The highest BCUT2D eigenvalue weighted by atomic mass is 16.5. The topological polar surface area (TPSA) is 68.5 Å². The molecule has 1 aliphatic heterocycles. The lowest BCUT2D eigenvalue weighted by molar-refractivity contribution is -0.147. The third kappa shape index (κ3) is 3.92. The standard InChI is InChI=1S/C19H23N3O2/c1-24-19(23)17-10-16(15-5-3-2-4-6-15)12-22(13-17)11-14-7-8-21-18(20)9-14/h2-9,16-17H,10-13H2,1H3,(H2,20,21)/t16-,17+/m1/s1. The quantitative estimate of drug-likeness (QED) is 0.875. The second-order valence-electron chi connectivity index (χ2n) is 6.35. The monoisotopic (exact) mass is 325 g/mol. The summed E-state index contributed by atoms with van der Waals surface area (Å²) in [6.07, 6.45) is 2.55. The maximum atomic E-state index is 12.1. The molecule has 0 aliphatic carbocycles. The van der Waals surface area contributed by atoms with E-state index in [9.17, 15) is 4.79 Å². The first-order chi connectivity index (χ1) is 11.7. The molecule has 126 valence electrons.